The fourth-order valence-corrected chi connectivity index (χ4v) is 2.15. The van der Waals surface area contributed by atoms with Crippen molar-refractivity contribution in [1.82, 2.24) is 19.7 Å². The zero-order valence-electron chi connectivity index (χ0n) is 8.20. The number of nitrogens with one attached hydrogen (secondary N) is 1. The van der Waals surface area contributed by atoms with Gasteiger partial charge in [-0.1, -0.05) is 11.3 Å². The lowest BCUT2D eigenvalue weighted by Gasteiger charge is -1.92. The SMILES string of the molecule is NNc1ncc(Cn2nc([N+](=O)[O-])nc2Br)s1. The van der Waals surface area contributed by atoms with E-state index in [1.54, 1.807) is 6.20 Å². The number of aromatic nitrogens is 4. The van der Waals surface area contributed by atoms with Gasteiger partial charge in [0.25, 0.3) is 4.73 Å². The number of nitrogens with zero attached hydrogens (tertiary/aromatic N) is 5. The Morgan fingerprint density at radius 3 is 3.00 bits per heavy atom. The topological polar surface area (TPSA) is 125 Å². The summed E-state index contributed by atoms with van der Waals surface area (Å²) in [6, 6.07) is 0. The number of rotatable bonds is 4. The van der Waals surface area contributed by atoms with Crippen molar-refractivity contribution >= 4 is 38.3 Å². The molecular weight excluding hydrogens is 314 g/mol. The lowest BCUT2D eigenvalue weighted by molar-refractivity contribution is -0.394. The minimum absolute atomic E-state index is 0.292. The van der Waals surface area contributed by atoms with Crippen LogP contribution in [0.15, 0.2) is 10.9 Å². The first-order valence-corrected chi connectivity index (χ1v) is 5.87. The van der Waals surface area contributed by atoms with Gasteiger partial charge in [-0.25, -0.2) is 10.8 Å². The van der Waals surface area contributed by atoms with Gasteiger partial charge < -0.3 is 10.1 Å². The summed E-state index contributed by atoms with van der Waals surface area (Å²) in [6.45, 7) is 0.334. The van der Waals surface area contributed by atoms with Crippen LogP contribution in [0.2, 0.25) is 0 Å². The zero-order valence-corrected chi connectivity index (χ0v) is 10.6. The molecule has 0 saturated heterocycles. The fourth-order valence-electron chi connectivity index (χ4n) is 1.08. The Morgan fingerprint density at radius 1 is 1.71 bits per heavy atom. The molecule has 17 heavy (non-hydrogen) atoms. The minimum atomic E-state index is -0.652. The Bertz CT molecular complexity index is 552. The summed E-state index contributed by atoms with van der Waals surface area (Å²) in [5.74, 6) is 4.75. The number of thiazole rings is 1. The molecule has 0 radical (unpaired) electrons. The van der Waals surface area contributed by atoms with Crippen LogP contribution < -0.4 is 11.3 Å². The number of hydrazine groups is 1. The molecule has 90 valence electrons. The molecule has 0 bridgehead atoms. The second-order valence-electron chi connectivity index (χ2n) is 2.87. The number of hydrogen-bond acceptors (Lipinski definition) is 8. The third-order valence-corrected chi connectivity index (χ3v) is 3.26. The maximum absolute atomic E-state index is 10.5. The molecule has 0 spiro atoms. The molecule has 0 aromatic carbocycles. The highest BCUT2D eigenvalue weighted by atomic mass is 79.9. The van der Waals surface area contributed by atoms with E-state index in [1.807, 2.05) is 0 Å². The molecule has 0 saturated carbocycles. The molecule has 2 aromatic rings. The van der Waals surface area contributed by atoms with Gasteiger partial charge in [0.15, 0.2) is 5.13 Å². The van der Waals surface area contributed by atoms with Crippen molar-refractivity contribution in [3.05, 3.63) is 25.9 Å². The van der Waals surface area contributed by atoms with Crippen LogP contribution in [0, 0.1) is 10.1 Å². The quantitative estimate of drug-likeness (QED) is 0.483. The highest BCUT2D eigenvalue weighted by Gasteiger charge is 2.19. The maximum Gasteiger partial charge on any atom is 0.492 e. The van der Waals surface area contributed by atoms with Gasteiger partial charge >= 0.3 is 5.95 Å². The molecule has 0 fully saturated rings. The van der Waals surface area contributed by atoms with E-state index in [0.29, 0.717) is 16.4 Å². The zero-order chi connectivity index (χ0) is 12.4. The van der Waals surface area contributed by atoms with E-state index in [4.69, 9.17) is 5.84 Å². The van der Waals surface area contributed by atoms with Crippen LogP contribution in [0.5, 0.6) is 0 Å². The van der Waals surface area contributed by atoms with Crippen molar-refractivity contribution < 1.29 is 4.92 Å². The number of halogens is 1. The molecule has 3 N–H and O–H groups in total. The molecule has 0 aliphatic heterocycles. The summed E-state index contributed by atoms with van der Waals surface area (Å²) in [7, 11) is 0. The summed E-state index contributed by atoms with van der Waals surface area (Å²) in [6.07, 6.45) is 1.61. The fraction of sp³-hybridized carbons (Fsp3) is 0.167. The summed E-state index contributed by atoms with van der Waals surface area (Å²) in [4.78, 5) is 18.3. The second kappa shape index (κ2) is 4.73. The molecule has 2 aromatic heterocycles. The molecular formula is C6H6BrN7O2S. The summed E-state index contributed by atoms with van der Waals surface area (Å²) in [5.41, 5.74) is 2.41. The van der Waals surface area contributed by atoms with Crippen LogP contribution in [-0.4, -0.2) is 24.7 Å². The van der Waals surface area contributed by atoms with E-state index >= 15 is 0 Å². The van der Waals surface area contributed by atoms with Gasteiger partial charge in [0.1, 0.15) is 0 Å². The molecule has 0 atom stereocenters. The second-order valence-corrected chi connectivity index (χ2v) is 4.70. The Balaban J connectivity index is 2.20. The maximum atomic E-state index is 10.5. The Kier molecular flexibility index (Phi) is 3.31. The van der Waals surface area contributed by atoms with Crippen molar-refractivity contribution in [3.8, 4) is 0 Å². The largest absolute Gasteiger partial charge is 0.492 e. The van der Waals surface area contributed by atoms with E-state index in [1.165, 1.54) is 16.0 Å². The third-order valence-electron chi connectivity index (χ3n) is 1.76. The molecule has 9 nitrogen and oxygen atoms in total. The van der Waals surface area contributed by atoms with Crippen LogP contribution in [0.3, 0.4) is 0 Å². The Morgan fingerprint density at radius 2 is 2.47 bits per heavy atom. The summed E-state index contributed by atoms with van der Waals surface area (Å²) < 4.78 is 1.66. The van der Waals surface area contributed by atoms with Crippen molar-refractivity contribution in [2.45, 2.75) is 6.54 Å². The molecule has 11 heteroatoms. The van der Waals surface area contributed by atoms with Crippen LogP contribution >= 0.6 is 27.3 Å². The van der Waals surface area contributed by atoms with Crippen molar-refractivity contribution in [3.63, 3.8) is 0 Å². The van der Waals surface area contributed by atoms with E-state index in [2.05, 4.69) is 36.4 Å². The average Bonchev–Trinajstić information content (AvgIpc) is 2.87. The van der Waals surface area contributed by atoms with Crippen LogP contribution in [0.1, 0.15) is 4.88 Å². The van der Waals surface area contributed by atoms with E-state index in [9.17, 15) is 10.1 Å². The first kappa shape index (κ1) is 11.9. The van der Waals surface area contributed by atoms with Crippen molar-refractivity contribution in [2.24, 2.45) is 5.84 Å². The average molecular weight is 320 g/mol. The number of hydrogen-bond donors (Lipinski definition) is 2. The molecule has 0 unspecified atom stereocenters. The monoisotopic (exact) mass is 319 g/mol. The first-order valence-electron chi connectivity index (χ1n) is 4.26. The molecule has 2 heterocycles. The van der Waals surface area contributed by atoms with Crippen LogP contribution in [-0.2, 0) is 6.54 Å². The van der Waals surface area contributed by atoms with Gasteiger partial charge in [-0.15, -0.1) is 0 Å². The minimum Gasteiger partial charge on any atom is -0.390 e. The van der Waals surface area contributed by atoms with Gasteiger partial charge in [0.05, 0.1) is 6.54 Å². The Hall–Kier alpha value is -1.59. The Labute approximate surface area is 107 Å². The highest BCUT2D eigenvalue weighted by Crippen LogP contribution is 2.20. The number of nitro groups is 1. The van der Waals surface area contributed by atoms with Gasteiger partial charge in [0, 0.05) is 32.1 Å². The lowest BCUT2D eigenvalue weighted by Crippen LogP contribution is -2.05. The number of nitrogen functional groups attached to an aromatic ring is 1. The van der Waals surface area contributed by atoms with Gasteiger partial charge in [-0.2, -0.15) is 4.68 Å². The molecule has 0 amide bonds. The first-order chi connectivity index (χ1) is 8.10. The van der Waals surface area contributed by atoms with Gasteiger partial charge in [0.2, 0.25) is 0 Å². The number of nitrogens with two attached hydrogens (primary N) is 1. The molecule has 0 aliphatic rings. The van der Waals surface area contributed by atoms with E-state index < -0.39 is 10.9 Å². The highest BCUT2D eigenvalue weighted by molar-refractivity contribution is 9.10. The molecule has 0 aliphatic carbocycles. The summed E-state index contributed by atoms with van der Waals surface area (Å²) in [5, 5.41) is 14.8. The lowest BCUT2D eigenvalue weighted by atomic mass is 10.5. The predicted octanol–water partition coefficient (Wildman–Crippen LogP) is 0.739. The van der Waals surface area contributed by atoms with Crippen molar-refractivity contribution in [1.29, 1.82) is 0 Å². The van der Waals surface area contributed by atoms with Crippen LogP contribution in [0.4, 0.5) is 11.1 Å². The summed E-state index contributed by atoms with van der Waals surface area (Å²) >= 11 is 4.42. The van der Waals surface area contributed by atoms with Crippen molar-refractivity contribution in [2.75, 3.05) is 5.43 Å². The number of anilines is 1. The smallest absolute Gasteiger partial charge is 0.390 e. The third kappa shape index (κ3) is 2.57. The van der Waals surface area contributed by atoms with Crippen LogP contribution in [0.25, 0.3) is 0 Å². The normalized spacial score (nSPS) is 10.5. The van der Waals surface area contributed by atoms with Gasteiger partial charge in [-0.3, -0.25) is 5.43 Å². The van der Waals surface area contributed by atoms with E-state index in [-0.39, 0.29) is 0 Å². The van der Waals surface area contributed by atoms with Gasteiger partial charge in [-0.05, 0) is 9.91 Å². The standard InChI is InChI=1S/C6H6BrN7O2S/c7-4-10-5(14(15)16)12-13(4)2-3-1-9-6(11-8)17-3/h1H,2,8H2,(H,9,11). The molecule has 2 rings (SSSR count). The predicted molar refractivity (Wildman–Crippen MR) is 63.4 cm³/mol. The van der Waals surface area contributed by atoms with E-state index in [0.717, 1.165) is 4.88 Å².